The van der Waals surface area contributed by atoms with E-state index < -0.39 is 0 Å². The van der Waals surface area contributed by atoms with E-state index >= 15 is 0 Å². The Morgan fingerprint density at radius 3 is 2.65 bits per heavy atom. The highest BCUT2D eigenvalue weighted by Gasteiger charge is 2.51. The Morgan fingerprint density at radius 2 is 1.91 bits per heavy atom. The van der Waals surface area contributed by atoms with Crippen LogP contribution in [-0.4, -0.2) is 35.1 Å². The Morgan fingerprint density at radius 1 is 1.17 bits per heavy atom. The average Bonchev–Trinajstić information content (AvgIpc) is 2.81. The van der Waals surface area contributed by atoms with Crippen molar-refractivity contribution in [1.29, 1.82) is 0 Å². The zero-order valence-corrected chi connectivity index (χ0v) is 13.6. The topological polar surface area (TPSA) is 46.6 Å². The van der Waals surface area contributed by atoms with Gasteiger partial charge in [-0.3, -0.25) is 9.59 Å². The predicted molar refractivity (Wildman–Crippen MR) is 85.8 cm³/mol. The van der Waals surface area contributed by atoms with Crippen LogP contribution in [0.2, 0.25) is 0 Å². The molecular weight excluding hydrogens is 314 g/mol. The van der Waals surface area contributed by atoms with Crippen molar-refractivity contribution in [1.82, 2.24) is 4.90 Å². The second-order valence-electron chi connectivity index (χ2n) is 6.51. The third-order valence-electron chi connectivity index (χ3n) is 5.13. The molecule has 2 aliphatic heterocycles. The summed E-state index contributed by atoms with van der Waals surface area (Å²) in [4.78, 5) is 27.3. The normalized spacial score (nSPS) is 33.4. The van der Waals surface area contributed by atoms with Gasteiger partial charge in [0.05, 0.1) is 17.5 Å². The maximum absolute atomic E-state index is 13.1. The van der Waals surface area contributed by atoms with Gasteiger partial charge in [0.25, 0.3) is 5.91 Å². The van der Waals surface area contributed by atoms with E-state index in [1.165, 1.54) is 0 Å². The zero-order chi connectivity index (χ0) is 16.1. The number of benzene rings is 1. The first-order valence-corrected chi connectivity index (χ1v) is 8.42. The van der Waals surface area contributed by atoms with E-state index in [2.05, 4.69) is 0 Å². The summed E-state index contributed by atoms with van der Waals surface area (Å²) in [6.07, 6.45) is 1.98. The van der Waals surface area contributed by atoms with Crippen molar-refractivity contribution in [3.05, 3.63) is 47.2 Å². The number of likely N-dealkylation sites (N-methyl/N-ethyl adjacent to an activating group) is 1. The lowest BCUT2D eigenvalue weighted by Crippen LogP contribution is -2.41. The molecule has 3 aliphatic rings. The first kappa shape index (κ1) is 14.8. The van der Waals surface area contributed by atoms with Gasteiger partial charge in [-0.05, 0) is 24.8 Å². The summed E-state index contributed by atoms with van der Waals surface area (Å²) in [6.45, 7) is 0. The SMILES string of the molecule is CN1C(=O)C2=C(C(=O)C3CC(Cl)CCC3O2)C1c1ccccc1. The fraction of sp³-hybridized carbons (Fsp3) is 0.444. The number of amides is 1. The largest absolute Gasteiger partial charge is 0.483 e. The Labute approximate surface area is 140 Å². The van der Waals surface area contributed by atoms with Crippen LogP contribution in [0.3, 0.4) is 0 Å². The highest BCUT2D eigenvalue weighted by Crippen LogP contribution is 2.46. The third-order valence-corrected chi connectivity index (χ3v) is 5.53. The minimum absolute atomic E-state index is 0.0101. The molecule has 1 fully saturated rings. The van der Waals surface area contributed by atoms with Gasteiger partial charge in [0, 0.05) is 12.4 Å². The van der Waals surface area contributed by atoms with Crippen LogP contribution in [0.25, 0.3) is 0 Å². The van der Waals surface area contributed by atoms with Gasteiger partial charge >= 0.3 is 0 Å². The van der Waals surface area contributed by atoms with E-state index in [-0.39, 0.29) is 40.9 Å². The molecule has 0 aromatic heterocycles. The number of carbonyl (C=O) groups excluding carboxylic acids is 2. The van der Waals surface area contributed by atoms with Crippen LogP contribution in [0, 0.1) is 5.92 Å². The maximum atomic E-state index is 13.1. The Bertz CT molecular complexity index is 699. The number of hydrogen-bond acceptors (Lipinski definition) is 3. The molecule has 0 spiro atoms. The summed E-state index contributed by atoms with van der Waals surface area (Å²) < 4.78 is 5.98. The van der Waals surface area contributed by atoms with Crippen molar-refractivity contribution in [3.63, 3.8) is 0 Å². The highest BCUT2D eigenvalue weighted by atomic mass is 35.5. The van der Waals surface area contributed by atoms with Gasteiger partial charge in [0.2, 0.25) is 0 Å². The monoisotopic (exact) mass is 331 g/mol. The van der Waals surface area contributed by atoms with Crippen molar-refractivity contribution < 1.29 is 14.3 Å². The van der Waals surface area contributed by atoms with Crippen LogP contribution in [0.4, 0.5) is 0 Å². The van der Waals surface area contributed by atoms with Gasteiger partial charge in [0.15, 0.2) is 11.5 Å². The molecule has 0 bridgehead atoms. The van der Waals surface area contributed by atoms with E-state index in [1.54, 1.807) is 11.9 Å². The summed E-state index contributed by atoms with van der Waals surface area (Å²) in [6, 6.07) is 9.27. The zero-order valence-electron chi connectivity index (χ0n) is 12.9. The summed E-state index contributed by atoms with van der Waals surface area (Å²) >= 11 is 6.25. The second kappa shape index (κ2) is 5.38. The van der Waals surface area contributed by atoms with Crippen LogP contribution in [-0.2, 0) is 14.3 Å². The minimum atomic E-state index is -0.358. The highest BCUT2D eigenvalue weighted by molar-refractivity contribution is 6.21. The molecular formula is C18H18ClNO3. The molecule has 1 aromatic carbocycles. The number of Topliss-reactive ketones (excluding diaryl/α,β-unsaturated/α-hetero) is 1. The van der Waals surface area contributed by atoms with Gasteiger partial charge < -0.3 is 9.64 Å². The Kier molecular flexibility index (Phi) is 3.45. The lowest BCUT2D eigenvalue weighted by molar-refractivity contribution is -0.134. The Balaban J connectivity index is 1.78. The van der Waals surface area contributed by atoms with Crippen LogP contribution >= 0.6 is 11.6 Å². The van der Waals surface area contributed by atoms with Gasteiger partial charge in [0.1, 0.15) is 6.10 Å². The third kappa shape index (κ3) is 2.19. The summed E-state index contributed by atoms with van der Waals surface area (Å²) in [7, 11) is 1.73. The van der Waals surface area contributed by atoms with E-state index in [0.717, 1.165) is 18.4 Å². The van der Waals surface area contributed by atoms with Crippen molar-refractivity contribution in [2.45, 2.75) is 36.8 Å². The first-order chi connectivity index (χ1) is 11.1. The van der Waals surface area contributed by atoms with E-state index in [1.807, 2.05) is 30.3 Å². The summed E-state index contributed by atoms with van der Waals surface area (Å²) in [5.74, 6) is -0.141. The lowest BCUT2D eigenvalue weighted by Gasteiger charge is -2.37. The van der Waals surface area contributed by atoms with Crippen molar-refractivity contribution in [2.24, 2.45) is 5.92 Å². The average molecular weight is 332 g/mol. The molecule has 2 heterocycles. The fourth-order valence-electron chi connectivity index (χ4n) is 3.96. The van der Waals surface area contributed by atoms with Crippen LogP contribution in [0.15, 0.2) is 41.7 Å². The van der Waals surface area contributed by atoms with Gasteiger partial charge in [-0.15, -0.1) is 11.6 Å². The van der Waals surface area contributed by atoms with E-state index in [0.29, 0.717) is 12.0 Å². The number of carbonyl (C=O) groups is 2. The summed E-state index contributed by atoms with van der Waals surface area (Å²) in [5.41, 5.74) is 1.44. The maximum Gasteiger partial charge on any atom is 0.289 e. The number of hydrogen-bond donors (Lipinski definition) is 0. The second-order valence-corrected chi connectivity index (χ2v) is 7.13. The number of alkyl halides is 1. The molecule has 5 heteroatoms. The molecule has 0 N–H and O–H groups in total. The van der Waals surface area contributed by atoms with Crippen molar-refractivity contribution in [3.8, 4) is 0 Å². The smallest absolute Gasteiger partial charge is 0.289 e. The van der Waals surface area contributed by atoms with Crippen LogP contribution in [0.1, 0.15) is 30.9 Å². The number of fused-ring (bicyclic) bond motifs is 1. The van der Waals surface area contributed by atoms with Gasteiger partial charge in [-0.25, -0.2) is 0 Å². The van der Waals surface area contributed by atoms with E-state index in [4.69, 9.17) is 16.3 Å². The van der Waals surface area contributed by atoms with E-state index in [9.17, 15) is 9.59 Å². The quantitative estimate of drug-likeness (QED) is 0.743. The number of ether oxygens (including phenoxy) is 1. The molecule has 1 aromatic rings. The van der Waals surface area contributed by atoms with Crippen molar-refractivity contribution >= 4 is 23.3 Å². The first-order valence-electron chi connectivity index (χ1n) is 7.99. The van der Waals surface area contributed by atoms with Crippen LogP contribution in [0.5, 0.6) is 0 Å². The molecule has 0 saturated heterocycles. The molecule has 120 valence electrons. The molecule has 0 radical (unpaired) electrons. The summed E-state index contributed by atoms with van der Waals surface area (Å²) in [5, 5.41) is 0.0101. The standard InChI is InChI=1S/C18H18ClNO3/c1-20-15(10-5-3-2-4-6-10)14-16(21)12-9-11(19)7-8-13(12)23-17(14)18(20)22/h2-6,11-13,15H,7-9H2,1H3. The predicted octanol–water partition coefficient (Wildman–Crippen LogP) is 2.83. The molecule has 4 unspecified atom stereocenters. The minimum Gasteiger partial charge on any atom is -0.483 e. The van der Waals surface area contributed by atoms with Gasteiger partial charge in [-0.1, -0.05) is 30.3 Å². The molecule has 4 atom stereocenters. The molecule has 1 amide bonds. The number of halogens is 1. The molecule has 23 heavy (non-hydrogen) atoms. The van der Waals surface area contributed by atoms with Crippen LogP contribution < -0.4 is 0 Å². The molecule has 1 saturated carbocycles. The number of rotatable bonds is 1. The molecule has 4 nitrogen and oxygen atoms in total. The van der Waals surface area contributed by atoms with Gasteiger partial charge in [-0.2, -0.15) is 0 Å². The number of ketones is 1. The molecule has 4 rings (SSSR count). The Hall–Kier alpha value is -1.81. The van der Waals surface area contributed by atoms with Crippen molar-refractivity contribution in [2.75, 3.05) is 7.05 Å². The number of nitrogens with zero attached hydrogens (tertiary/aromatic N) is 1. The lowest BCUT2D eigenvalue weighted by atomic mass is 9.77. The fourth-order valence-corrected chi connectivity index (χ4v) is 4.27. The molecule has 1 aliphatic carbocycles.